The maximum Gasteiger partial charge on any atom is 0.262 e. The van der Waals surface area contributed by atoms with Gasteiger partial charge in [0.1, 0.15) is 5.75 Å². The molecule has 0 aromatic heterocycles. The van der Waals surface area contributed by atoms with E-state index in [4.69, 9.17) is 9.47 Å². The quantitative estimate of drug-likeness (QED) is 0.736. The Morgan fingerprint density at radius 1 is 1.21 bits per heavy atom. The van der Waals surface area contributed by atoms with Gasteiger partial charge in [0.15, 0.2) is 0 Å². The molecule has 1 unspecified atom stereocenters. The van der Waals surface area contributed by atoms with E-state index in [1.165, 1.54) is 7.11 Å². The van der Waals surface area contributed by atoms with E-state index in [0.29, 0.717) is 24.0 Å². The number of likely N-dealkylation sites (N-methyl/N-ethyl adjacent to an activating group) is 1. The van der Waals surface area contributed by atoms with Crippen molar-refractivity contribution in [2.45, 2.75) is 37.7 Å². The maximum absolute atomic E-state index is 12.8. The molecular formula is C22H30N2O4S. The van der Waals surface area contributed by atoms with Crippen LogP contribution in [0.4, 0.5) is 5.69 Å². The van der Waals surface area contributed by atoms with Crippen LogP contribution >= 0.6 is 0 Å². The van der Waals surface area contributed by atoms with Crippen LogP contribution in [-0.2, 0) is 14.8 Å². The van der Waals surface area contributed by atoms with Gasteiger partial charge in [-0.3, -0.25) is 9.62 Å². The molecular weight excluding hydrogens is 388 g/mol. The second kappa shape index (κ2) is 9.15. The Labute approximate surface area is 173 Å². The standard InChI is InChI=1S/C22H30N2O4S/c1-5-24-12-13-28-22(15-24)18-8-11-20(21(14-18)27-4)23-29(25,26)19-9-6-17(7-10-19)16(2)3/h6-11,14,16,22-23H,5,12-13,15H2,1-4H3. The van der Waals surface area contributed by atoms with Crippen molar-refractivity contribution in [3.8, 4) is 5.75 Å². The first-order valence-corrected chi connectivity index (χ1v) is 11.5. The number of hydrogen-bond donors (Lipinski definition) is 1. The largest absolute Gasteiger partial charge is 0.495 e. The Morgan fingerprint density at radius 3 is 2.55 bits per heavy atom. The van der Waals surface area contributed by atoms with Gasteiger partial charge in [0, 0.05) is 13.1 Å². The topological polar surface area (TPSA) is 67.9 Å². The lowest BCUT2D eigenvalue weighted by Gasteiger charge is -2.32. The second-order valence-corrected chi connectivity index (χ2v) is 9.22. The summed E-state index contributed by atoms with van der Waals surface area (Å²) in [4.78, 5) is 2.56. The number of nitrogens with one attached hydrogen (secondary N) is 1. The number of benzene rings is 2. The molecule has 1 heterocycles. The van der Waals surface area contributed by atoms with Crippen LogP contribution in [0.25, 0.3) is 0 Å². The average Bonchev–Trinajstić information content (AvgIpc) is 2.74. The number of ether oxygens (including phenoxy) is 2. The van der Waals surface area contributed by atoms with E-state index in [1.807, 2.05) is 24.3 Å². The predicted molar refractivity (Wildman–Crippen MR) is 115 cm³/mol. The van der Waals surface area contributed by atoms with Crippen molar-refractivity contribution in [2.75, 3.05) is 38.1 Å². The Hall–Kier alpha value is -2.09. The lowest BCUT2D eigenvalue weighted by atomic mass is 10.0. The normalized spacial score (nSPS) is 18.0. The molecule has 0 saturated carbocycles. The molecule has 0 radical (unpaired) electrons. The molecule has 1 aliphatic rings. The molecule has 6 nitrogen and oxygen atoms in total. The van der Waals surface area contributed by atoms with Gasteiger partial charge < -0.3 is 9.47 Å². The maximum atomic E-state index is 12.8. The van der Waals surface area contributed by atoms with Crippen LogP contribution < -0.4 is 9.46 Å². The third kappa shape index (κ3) is 5.10. The van der Waals surface area contributed by atoms with Crippen molar-refractivity contribution in [3.63, 3.8) is 0 Å². The van der Waals surface area contributed by atoms with Gasteiger partial charge >= 0.3 is 0 Å². The van der Waals surface area contributed by atoms with Crippen LogP contribution in [0.1, 0.15) is 43.9 Å². The molecule has 1 aliphatic heterocycles. The van der Waals surface area contributed by atoms with E-state index in [1.54, 1.807) is 18.2 Å². The number of sulfonamides is 1. The fourth-order valence-electron chi connectivity index (χ4n) is 3.42. The van der Waals surface area contributed by atoms with E-state index in [9.17, 15) is 8.42 Å². The average molecular weight is 419 g/mol. The third-order valence-electron chi connectivity index (χ3n) is 5.30. The van der Waals surface area contributed by atoms with Gasteiger partial charge in [-0.2, -0.15) is 0 Å². The SMILES string of the molecule is CCN1CCOC(c2ccc(NS(=O)(=O)c3ccc(C(C)C)cc3)c(OC)c2)C1. The molecule has 0 aliphatic carbocycles. The van der Waals surface area contributed by atoms with Crippen molar-refractivity contribution < 1.29 is 17.9 Å². The highest BCUT2D eigenvalue weighted by atomic mass is 32.2. The van der Waals surface area contributed by atoms with Gasteiger partial charge in [-0.25, -0.2) is 8.42 Å². The number of anilines is 1. The number of morpholine rings is 1. The molecule has 158 valence electrons. The van der Waals surface area contributed by atoms with Crippen LogP contribution in [-0.4, -0.2) is 46.7 Å². The van der Waals surface area contributed by atoms with Gasteiger partial charge in [0.05, 0.1) is 30.4 Å². The summed E-state index contributed by atoms with van der Waals surface area (Å²) in [7, 11) is -2.17. The Bertz CT molecular complexity index is 926. The van der Waals surface area contributed by atoms with Crippen molar-refractivity contribution >= 4 is 15.7 Å². The number of nitrogens with zero attached hydrogens (tertiary/aromatic N) is 1. The van der Waals surface area contributed by atoms with Gasteiger partial charge in [-0.05, 0) is 47.9 Å². The minimum atomic E-state index is -3.71. The minimum Gasteiger partial charge on any atom is -0.495 e. The summed E-state index contributed by atoms with van der Waals surface area (Å²) in [6.45, 7) is 9.68. The van der Waals surface area contributed by atoms with E-state index in [2.05, 4.69) is 30.4 Å². The highest BCUT2D eigenvalue weighted by Gasteiger charge is 2.23. The van der Waals surface area contributed by atoms with Crippen molar-refractivity contribution in [1.29, 1.82) is 0 Å². The summed E-state index contributed by atoms with van der Waals surface area (Å²) in [5, 5.41) is 0. The molecule has 3 rings (SSSR count). The van der Waals surface area contributed by atoms with Crippen LogP contribution in [0, 0.1) is 0 Å². The van der Waals surface area contributed by atoms with Crippen LogP contribution in [0.5, 0.6) is 5.75 Å². The fourth-order valence-corrected chi connectivity index (χ4v) is 4.49. The van der Waals surface area contributed by atoms with E-state index in [-0.39, 0.29) is 11.0 Å². The Balaban J connectivity index is 1.81. The summed E-state index contributed by atoms with van der Waals surface area (Å²) >= 11 is 0. The first-order chi connectivity index (χ1) is 13.8. The molecule has 1 N–H and O–H groups in total. The first-order valence-electron chi connectivity index (χ1n) is 9.98. The first kappa shape index (κ1) is 21.6. The lowest BCUT2D eigenvalue weighted by Crippen LogP contribution is -2.38. The zero-order chi connectivity index (χ0) is 21.0. The third-order valence-corrected chi connectivity index (χ3v) is 6.68. The van der Waals surface area contributed by atoms with E-state index in [0.717, 1.165) is 30.8 Å². The number of methoxy groups -OCH3 is 1. The number of hydrogen-bond acceptors (Lipinski definition) is 5. The summed E-state index contributed by atoms with van der Waals surface area (Å²) < 4.78 is 39.7. The summed E-state index contributed by atoms with van der Waals surface area (Å²) in [6.07, 6.45) is -0.0492. The van der Waals surface area contributed by atoms with Crippen LogP contribution in [0.2, 0.25) is 0 Å². The lowest BCUT2D eigenvalue weighted by molar-refractivity contribution is -0.0282. The van der Waals surface area contributed by atoms with Crippen LogP contribution in [0.3, 0.4) is 0 Å². The van der Waals surface area contributed by atoms with Gasteiger partial charge in [-0.15, -0.1) is 0 Å². The molecule has 0 amide bonds. The van der Waals surface area contributed by atoms with Gasteiger partial charge in [-0.1, -0.05) is 39.0 Å². The highest BCUT2D eigenvalue weighted by Crippen LogP contribution is 2.32. The Morgan fingerprint density at radius 2 is 1.93 bits per heavy atom. The fraction of sp³-hybridized carbons (Fsp3) is 0.455. The van der Waals surface area contributed by atoms with E-state index >= 15 is 0 Å². The van der Waals surface area contributed by atoms with E-state index < -0.39 is 10.0 Å². The highest BCUT2D eigenvalue weighted by molar-refractivity contribution is 7.92. The van der Waals surface area contributed by atoms with Crippen molar-refractivity contribution in [1.82, 2.24) is 4.90 Å². The monoisotopic (exact) mass is 418 g/mol. The molecule has 7 heteroatoms. The van der Waals surface area contributed by atoms with Gasteiger partial charge in [0.2, 0.25) is 0 Å². The molecule has 2 aromatic rings. The molecule has 2 aromatic carbocycles. The van der Waals surface area contributed by atoms with Crippen LogP contribution in [0.15, 0.2) is 47.4 Å². The second-order valence-electron chi connectivity index (χ2n) is 7.54. The van der Waals surface area contributed by atoms with Crippen molar-refractivity contribution in [2.24, 2.45) is 0 Å². The zero-order valence-corrected chi connectivity index (χ0v) is 18.3. The molecule has 1 saturated heterocycles. The summed E-state index contributed by atoms with van der Waals surface area (Å²) in [5.74, 6) is 0.820. The Kier molecular flexibility index (Phi) is 6.82. The minimum absolute atomic E-state index is 0.0492. The molecule has 29 heavy (non-hydrogen) atoms. The van der Waals surface area contributed by atoms with Gasteiger partial charge in [0.25, 0.3) is 10.0 Å². The molecule has 0 spiro atoms. The predicted octanol–water partition coefficient (Wildman–Crippen LogP) is 4.01. The number of rotatable bonds is 7. The smallest absolute Gasteiger partial charge is 0.262 e. The molecule has 1 fully saturated rings. The molecule has 1 atom stereocenters. The summed E-state index contributed by atoms with van der Waals surface area (Å²) in [5.41, 5.74) is 2.48. The zero-order valence-electron chi connectivity index (χ0n) is 17.5. The molecule has 0 bridgehead atoms. The summed E-state index contributed by atoms with van der Waals surface area (Å²) in [6, 6.07) is 12.4. The van der Waals surface area contributed by atoms with Crippen molar-refractivity contribution in [3.05, 3.63) is 53.6 Å².